The molecule has 1 rings (SSSR count). The Morgan fingerprint density at radius 1 is 0.769 bits per heavy atom. The number of rotatable bonds is 17. The van der Waals surface area contributed by atoms with Crippen LogP contribution in [0.1, 0.15) is 96.8 Å². The van der Waals surface area contributed by atoms with Crippen LogP contribution < -0.4 is 0 Å². The van der Waals surface area contributed by atoms with Crippen molar-refractivity contribution in [3.05, 3.63) is 12.4 Å². The maximum Gasteiger partial charge on any atom is 0.471 e. The molecule has 0 aromatic rings. The summed E-state index contributed by atoms with van der Waals surface area (Å²) >= 11 is 0. The van der Waals surface area contributed by atoms with Crippen molar-refractivity contribution in [2.45, 2.75) is 103 Å². The van der Waals surface area contributed by atoms with Gasteiger partial charge in [0.1, 0.15) is 0 Å². The molecule has 1 aliphatic rings. The van der Waals surface area contributed by atoms with Crippen LogP contribution in [0.5, 0.6) is 0 Å². The van der Waals surface area contributed by atoms with Crippen molar-refractivity contribution in [1.29, 1.82) is 0 Å². The molecule has 1 unspecified atom stereocenters. The van der Waals surface area contributed by atoms with Crippen LogP contribution in [0.3, 0.4) is 0 Å². The highest BCUT2D eigenvalue weighted by atomic mass is 31.1. The molecule has 5 nitrogen and oxygen atoms in total. The maximum atomic E-state index is 10.8. The van der Waals surface area contributed by atoms with Crippen LogP contribution in [-0.2, 0) is 13.7 Å². The van der Waals surface area contributed by atoms with E-state index in [9.17, 15) is 9.13 Å². The van der Waals surface area contributed by atoms with Crippen LogP contribution in [-0.4, -0.2) is 29.7 Å². The van der Waals surface area contributed by atoms with E-state index in [1.807, 2.05) is 24.3 Å². The Kier molecular flexibility index (Phi) is 13.7. The van der Waals surface area contributed by atoms with E-state index < -0.39 is 14.3 Å². The Balaban J connectivity index is 1.88. The maximum absolute atomic E-state index is 10.8. The van der Waals surface area contributed by atoms with Crippen molar-refractivity contribution in [1.82, 2.24) is 9.80 Å². The second kappa shape index (κ2) is 15.3. The van der Waals surface area contributed by atoms with Gasteiger partial charge in [-0.15, -0.1) is 0 Å². The number of unbranched alkanes of at least 4 members (excludes halogenated alkanes) is 13. The summed E-state index contributed by atoms with van der Waals surface area (Å²) in [5, 5.41) is 0. The lowest BCUT2D eigenvalue weighted by Crippen LogP contribution is -2.37. The largest absolute Gasteiger partial charge is 0.471 e. The lowest BCUT2D eigenvalue weighted by atomic mass is 10.0. The summed E-state index contributed by atoms with van der Waals surface area (Å²) in [6, 6.07) is 0. The van der Waals surface area contributed by atoms with Gasteiger partial charge < -0.3 is 9.80 Å². The fourth-order valence-corrected chi connectivity index (χ4v) is 3.88. The molecule has 0 saturated heterocycles. The van der Waals surface area contributed by atoms with Crippen molar-refractivity contribution >= 4 is 7.91 Å². The van der Waals surface area contributed by atoms with E-state index in [4.69, 9.17) is 4.52 Å². The summed E-state index contributed by atoms with van der Waals surface area (Å²) in [6.07, 6.45) is 22.1. The summed E-state index contributed by atoms with van der Waals surface area (Å²) in [5.41, 5.74) is 0. The molecule has 26 heavy (non-hydrogen) atoms. The molecule has 1 aliphatic heterocycles. The van der Waals surface area contributed by atoms with Crippen LogP contribution in [0.25, 0.3) is 0 Å². The number of hydrogen-bond acceptors (Lipinski definition) is 5. The summed E-state index contributed by atoms with van der Waals surface area (Å²) in [4.78, 5) is 3.72. The highest BCUT2D eigenvalue weighted by molar-refractivity contribution is 7.24. The van der Waals surface area contributed by atoms with Gasteiger partial charge in [-0.05, 0) is 6.42 Å². The average Bonchev–Trinajstić information content (AvgIpc) is 2.95. The molecule has 0 aromatic carbocycles. The van der Waals surface area contributed by atoms with E-state index in [0.717, 1.165) is 13.0 Å². The van der Waals surface area contributed by atoms with Crippen LogP contribution in [0.2, 0.25) is 0 Å². The molecule has 0 spiro atoms. The summed E-state index contributed by atoms with van der Waals surface area (Å²) < 4.78 is 26.5. The minimum atomic E-state index is -2.83. The van der Waals surface area contributed by atoms with Crippen LogP contribution >= 0.6 is 7.91 Å². The Bertz CT molecular complexity index is 433. The number of hydrogen-bond donors (Lipinski definition) is 0. The molecule has 0 aliphatic carbocycles. The zero-order chi connectivity index (χ0) is 19.0. The Morgan fingerprint density at radius 2 is 1.23 bits per heavy atom. The van der Waals surface area contributed by atoms with E-state index in [1.165, 1.54) is 83.5 Å². The van der Waals surface area contributed by atoms with Crippen LogP contribution in [0, 0.1) is 0 Å². The monoisotopic (exact) mass is 386 g/mol. The molecule has 0 N–H and O–H groups in total. The first-order chi connectivity index (χ1) is 12.6. The minimum Gasteiger partial charge on any atom is -0.336 e. The lowest BCUT2D eigenvalue weighted by Gasteiger charge is -2.27. The van der Waals surface area contributed by atoms with E-state index in [0.29, 0.717) is 0 Å². The van der Waals surface area contributed by atoms with E-state index in [2.05, 4.69) is 6.92 Å². The molecule has 1 atom stereocenters. The molecule has 0 bridgehead atoms. The third-order valence-electron chi connectivity index (χ3n) is 5.08. The first-order valence-corrected chi connectivity index (χ1v) is 11.7. The van der Waals surface area contributed by atoms with Crippen LogP contribution in [0.15, 0.2) is 12.4 Å². The van der Waals surface area contributed by atoms with Gasteiger partial charge in [0.2, 0.25) is 6.35 Å². The third-order valence-corrected chi connectivity index (χ3v) is 5.44. The summed E-state index contributed by atoms with van der Waals surface area (Å²) in [6.45, 7) is 3.11. The normalized spacial score (nSPS) is 16.6. The quantitative estimate of drug-likeness (QED) is 0.209. The van der Waals surface area contributed by atoms with Crippen molar-refractivity contribution in [2.75, 3.05) is 13.6 Å². The first kappa shape index (κ1) is 23.2. The molecular weight excluding hydrogens is 347 g/mol. The molecule has 0 amide bonds. The predicted octanol–water partition coefficient (Wildman–Crippen LogP) is 6.57. The van der Waals surface area contributed by atoms with E-state index in [1.54, 1.807) is 4.90 Å². The van der Waals surface area contributed by atoms with Crippen LogP contribution in [0.4, 0.5) is 0 Å². The topological polar surface area (TPSA) is 49.9 Å². The fraction of sp³-hybridized carbons (Fsp3) is 0.900. The standard InChI is InChI=1S/C20H39N2O3P/c1-3-4-5-6-7-8-9-10-11-12-13-14-15-16-17-22-19-18-21(2)20(22)25-26(23)24/h18-20H,3-17H2,1-2H3. The summed E-state index contributed by atoms with van der Waals surface area (Å²) in [5.74, 6) is 0. The van der Waals surface area contributed by atoms with Crippen molar-refractivity contribution < 1.29 is 13.7 Å². The van der Waals surface area contributed by atoms with Gasteiger partial charge in [0.25, 0.3) is 0 Å². The highest BCUT2D eigenvalue weighted by Gasteiger charge is 2.25. The third kappa shape index (κ3) is 11.0. The van der Waals surface area contributed by atoms with Gasteiger partial charge in [-0.2, -0.15) is 0 Å². The zero-order valence-corrected chi connectivity index (χ0v) is 17.8. The average molecular weight is 387 g/mol. The van der Waals surface area contributed by atoms with Gasteiger partial charge in [0, 0.05) is 26.0 Å². The van der Waals surface area contributed by atoms with E-state index >= 15 is 0 Å². The van der Waals surface area contributed by atoms with E-state index in [-0.39, 0.29) is 0 Å². The molecule has 152 valence electrons. The zero-order valence-electron chi connectivity index (χ0n) is 16.9. The molecule has 0 radical (unpaired) electrons. The second-order valence-electron chi connectivity index (χ2n) is 7.45. The molecule has 0 fully saturated rings. The Hall–Kier alpha value is -0.800. The smallest absolute Gasteiger partial charge is 0.336 e. The van der Waals surface area contributed by atoms with Gasteiger partial charge in [-0.25, -0.2) is 13.7 Å². The van der Waals surface area contributed by atoms with Gasteiger partial charge in [-0.1, -0.05) is 90.4 Å². The highest BCUT2D eigenvalue weighted by Crippen LogP contribution is 2.22. The number of nitrogens with zero attached hydrogens (tertiary/aromatic N) is 2. The molecule has 0 aromatic heterocycles. The Morgan fingerprint density at radius 3 is 1.69 bits per heavy atom. The molecule has 1 heterocycles. The van der Waals surface area contributed by atoms with Crippen molar-refractivity contribution in [2.24, 2.45) is 0 Å². The van der Waals surface area contributed by atoms with Crippen molar-refractivity contribution in [3.63, 3.8) is 0 Å². The first-order valence-electron chi connectivity index (χ1n) is 10.6. The molecule has 6 heteroatoms. The lowest BCUT2D eigenvalue weighted by molar-refractivity contribution is -0.0107. The minimum absolute atomic E-state index is 0.502. The van der Waals surface area contributed by atoms with Gasteiger partial charge in [0.05, 0.1) is 0 Å². The van der Waals surface area contributed by atoms with Crippen molar-refractivity contribution in [3.8, 4) is 0 Å². The predicted molar refractivity (Wildman–Crippen MR) is 107 cm³/mol. The Labute approximate surface area is 161 Å². The SMILES string of the molecule is CCCCCCCCCCCCCCCCN1C=CN(C)C1OP(=O)=O. The second-order valence-corrected chi connectivity index (χ2v) is 8.11. The van der Waals surface area contributed by atoms with Gasteiger partial charge in [0.15, 0.2) is 0 Å². The van der Waals surface area contributed by atoms with Gasteiger partial charge >= 0.3 is 7.91 Å². The fourth-order valence-electron chi connectivity index (χ4n) is 3.46. The van der Waals surface area contributed by atoms with Gasteiger partial charge in [-0.3, -0.25) is 0 Å². The molecular formula is C20H39N2O3P. The molecule has 0 saturated carbocycles. The summed E-state index contributed by atoms with van der Waals surface area (Å²) in [7, 11) is -1.00.